The van der Waals surface area contributed by atoms with Crippen molar-refractivity contribution in [2.24, 2.45) is 0 Å². The van der Waals surface area contributed by atoms with Crippen molar-refractivity contribution < 1.29 is 9.59 Å². The number of nitrogens with zero attached hydrogens (tertiary/aromatic N) is 2. The summed E-state index contributed by atoms with van der Waals surface area (Å²) < 4.78 is 0.932. The first-order valence-corrected chi connectivity index (χ1v) is 8.23. The summed E-state index contributed by atoms with van der Waals surface area (Å²) >= 11 is 3.48. The number of amides is 2. The Hall–Kier alpha value is -1.36. The molecule has 3 rings (SSSR count). The molecule has 2 amide bonds. The van der Waals surface area contributed by atoms with E-state index in [1.807, 2.05) is 32.0 Å². The smallest absolute Gasteiger partial charge is 0.250 e. The third-order valence-corrected chi connectivity index (χ3v) is 4.80. The summed E-state index contributed by atoms with van der Waals surface area (Å²) in [7, 11) is 0. The fourth-order valence-corrected chi connectivity index (χ4v) is 4.02. The lowest BCUT2D eigenvalue weighted by atomic mass is 10.0. The second-order valence-corrected chi connectivity index (χ2v) is 6.72. The molecule has 112 valence electrons. The van der Waals surface area contributed by atoms with Crippen LogP contribution in [0.4, 0.5) is 5.69 Å². The van der Waals surface area contributed by atoms with Gasteiger partial charge in [0.25, 0.3) is 5.91 Å². The molecule has 0 N–H and O–H groups in total. The van der Waals surface area contributed by atoms with E-state index in [0.29, 0.717) is 6.42 Å². The van der Waals surface area contributed by atoms with Crippen LogP contribution in [0.5, 0.6) is 0 Å². The Morgan fingerprint density at radius 2 is 2.00 bits per heavy atom. The zero-order valence-corrected chi connectivity index (χ0v) is 13.9. The molecule has 5 heteroatoms. The number of carbonyl (C=O) groups excluding carboxylic acids is 2. The monoisotopic (exact) mass is 350 g/mol. The van der Waals surface area contributed by atoms with E-state index < -0.39 is 0 Å². The van der Waals surface area contributed by atoms with Crippen LogP contribution < -0.4 is 4.90 Å². The number of hydrogen-bond acceptors (Lipinski definition) is 2. The normalized spacial score (nSPS) is 25.5. The van der Waals surface area contributed by atoms with Crippen LogP contribution in [0.1, 0.15) is 31.7 Å². The van der Waals surface area contributed by atoms with Gasteiger partial charge in [-0.15, -0.1) is 0 Å². The first-order valence-electron chi connectivity index (χ1n) is 7.43. The first-order chi connectivity index (χ1) is 10.0. The van der Waals surface area contributed by atoms with E-state index in [2.05, 4.69) is 15.9 Å². The van der Waals surface area contributed by atoms with Crippen LogP contribution in [0.2, 0.25) is 0 Å². The molecule has 0 aromatic heterocycles. The molecular formula is C16H19BrN2O2. The van der Waals surface area contributed by atoms with E-state index in [4.69, 9.17) is 0 Å². The van der Waals surface area contributed by atoms with Crippen LogP contribution in [0, 0.1) is 6.92 Å². The van der Waals surface area contributed by atoms with Crippen LogP contribution in [-0.2, 0) is 9.59 Å². The number of benzene rings is 1. The van der Waals surface area contributed by atoms with Crippen LogP contribution in [0.15, 0.2) is 22.7 Å². The Kier molecular flexibility index (Phi) is 3.78. The molecule has 1 aromatic carbocycles. The largest absolute Gasteiger partial charge is 0.329 e. The second-order valence-electron chi connectivity index (χ2n) is 5.81. The minimum absolute atomic E-state index is 0.0662. The molecule has 0 radical (unpaired) electrons. The lowest BCUT2D eigenvalue weighted by Gasteiger charge is -2.42. The van der Waals surface area contributed by atoms with Gasteiger partial charge in [0, 0.05) is 16.7 Å². The molecular weight excluding hydrogens is 332 g/mol. The predicted octanol–water partition coefficient (Wildman–Crippen LogP) is 2.87. The maximum Gasteiger partial charge on any atom is 0.250 e. The number of carbonyl (C=O) groups is 2. The molecule has 0 bridgehead atoms. The topological polar surface area (TPSA) is 40.6 Å². The van der Waals surface area contributed by atoms with Gasteiger partial charge >= 0.3 is 0 Å². The van der Waals surface area contributed by atoms with Crippen molar-refractivity contribution in [3.63, 3.8) is 0 Å². The Balaban J connectivity index is 2.05. The van der Waals surface area contributed by atoms with Crippen LogP contribution in [-0.4, -0.2) is 35.3 Å². The molecule has 4 nitrogen and oxygen atoms in total. The van der Waals surface area contributed by atoms with E-state index in [1.54, 1.807) is 9.80 Å². The highest BCUT2D eigenvalue weighted by atomic mass is 79.9. The number of aryl methyl sites for hydroxylation is 1. The van der Waals surface area contributed by atoms with Crippen LogP contribution >= 0.6 is 15.9 Å². The van der Waals surface area contributed by atoms with Crippen molar-refractivity contribution in [1.82, 2.24) is 4.90 Å². The molecule has 2 fully saturated rings. The number of piperazine rings is 1. The first kappa shape index (κ1) is 14.6. The van der Waals surface area contributed by atoms with Crippen molar-refractivity contribution in [3.8, 4) is 0 Å². The number of anilines is 1. The van der Waals surface area contributed by atoms with Crippen molar-refractivity contribution in [2.75, 3.05) is 11.4 Å². The summed E-state index contributed by atoms with van der Waals surface area (Å²) in [6.07, 6.45) is 2.34. The van der Waals surface area contributed by atoms with E-state index in [9.17, 15) is 9.59 Å². The number of fused-ring (bicyclic) bond motifs is 1. The molecule has 2 unspecified atom stereocenters. The number of halogens is 1. The molecule has 21 heavy (non-hydrogen) atoms. The molecule has 2 saturated heterocycles. The van der Waals surface area contributed by atoms with Crippen molar-refractivity contribution in [2.45, 2.75) is 45.2 Å². The average Bonchev–Trinajstić information content (AvgIpc) is 2.91. The molecule has 2 aliphatic rings. The third kappa shape index (κ3) is 2.37. The minimum atomic E-state index is -0.374. The average molecular weight is 351 g/mol. The van der Waals surface area contributed by atoms with Gasteiger partial charge in [-0.3, -0.25) is 14.5 Å². The standard InChI is InChI=1S/C16H19BrN2O2/c1-3-13-15(20)18-6-4-5-14(18)16(21)19(13)12-8-10(2)7-11(17)9-12/h7-9,13-14H,3-6H2,1-2H3. The van der Waals surface area contributed by atoms with Gasteiger partial charge in [-0.05, 0) is 49.9 Å². The lowest BCUT2D eigenvalue weighted by Crippen LogP contribution is -2.63. The summed E-state index contributed by atoms with van der Waals surface area (Å²) in [5, 5.41) is 0. The highest BCUT2D eigenvalue weighted by Crippen LogP contribution is 2.33. The fourth-order valence-electron chi connectivity index (χ4n) is 3.42. The van der Waals surface area contributed by atoms with E-state index in [-0.39, 0.29) is 23.9 Å². The van der Waals surface area contributed by atoms with Crippen molar-refractivity contribution >= 4 is 33.4 Å². The molecule has 0 saturated carbocycles. The lowest BCUT2D eigenvalue weighted by molar-refractivity contribution is -0.144. The second kappa shape index (κ2) is 5.44. The van der Waals surface area contributed by atoms with Gasteiger partial charge in [-0.1, -0.05) is 22.9 Å². The zero-order valence-electron chi connectivity index (χ0n) is 12.3. The quantitative estimate of drug-likeness (QED) is 0.822. The molecule has 0 aliphatic carbocycles. The Morgan fingerprint density at radius 1 is 1.24 bits per heavy atom. The van der Waals surface area contributed by atoms with Gasteiger partial charge in [0.15, 0.2) is 0 Å². The number of hydrogen-bond donors (Lipinski definition) is 0. The van der Waals surface area contributed by atoms with Gasteiger partial charge in [0.05, 0.1) is 0 Å². The van der Waals surface area contributed by atoms with E-state index in [1.165, 1.54) is 0 Å². The Morgan fingerprint density at radius 3 is 2.67 bits per heavy atom. The molecule has 0 spiro atoms. The minimum Gasteiger partial charge on any atom is -0.329 e. The summed E-state index contributed by atoms with van der Waals surface area (Å²) in [6, 6.07) is 5.26. The molecule has 2 atom stereocenters. The van der Waals surface area contributed by atoms with E-state index in [0.717, 1.165) is 35.1 Å². The zero-order chi connectivity index (χ0) is 15.1. The SMILES string of the molecule is CCC1C(=O)N2CCCC2C(=O)N1c1cc(C)cc(Br)c1. The van der Waals surface area contributed by atoms with Gasteiger partial charge < -0.3 is 4.90 Å². The summed E-state index contributed by atoms with van der Waals surface area (Å²) in [5.41, 5.74) is 1.89. The van der Waals surface area contributed by atoms with E-state index >= 15 is 0 Å². The molecule has 2 heterocycles. The molecule has 1 aromatic rings. The maximum absolute atomic E-state index is 12.9. The summed E-state index contributed by atoms with van der Waals surface area (Å²) in [5.74, 6) is 0.161. The summed E-state index contributed by atoms with van der Waals surface area (Å²) in [6.45, 7) is 4.68. The van der Waals surface area contributed by atoms with Gasteiger partial charge in [-0.25, -0.2) is 0 Å². The number of rotatable bonds is 2. The van der Waals surface area contributed by atoms with Crippen LogP contribution in [0.3, 0.4) is 0 Å². The van der Waals surface area contributed by atoms with Gasteiger partial charge in [0.2, 0.25) is 5.91 Å². The van der Waals surface area contributed by atoms with Crippen molar-refractivity contribution in [1.29, 1.82) is 0 Å². The maximum atomic E-state index is 12.9. The van der Waals surface area contributed by atoms with Crippen molar-refractivity contribution in [3.05, 3.63) is 28.2 Å². The molecule has 2 aliphatic heterocycles. The Bertz CT molecular complexity index is 582. The summed E-state index contributed by atoms with van der Waals surface area (Å²) in [4.78, 5) is 29.0. The fraction of sp³-hybridized carbons (Fsp3) is 0.500. The van der Waals surface area contributed by atoms with Gasteiger partial charge in [0.1, 0.15) is 12.1 Å². The third-order valence-electron chi connectivity index (χ3n) is 4.35. The van der Waals surface area contributed by atoms with Gasteiger partial charge in [-0.2, -0.15) is 0 Å². The highest BCUT2D eigenvalue weighted by Gasteiger charge is 2.47. The highest BCUT2D eigenvalue weighted by molar-refractivity contribution is 9.10. The van der Waals surface area contributed by atoms with Crippen LogP contribution in [0.25, 0.3) is 0 Å². The predicted molar refractivity (Wildman–Crippen MR) is 85.2 cm³/mol. The Labute approximate surface area is 133 Å².